The van der Waals surface area contributed by atoms with Crippen molar-refractivity contribution in [2.24, 2.45) is 5.92 Å². The highest BCUT2D eigenvalue weighted by molar-refractivity contribution is 5.12. The molecule has 0 radical (unpaired) electrons. The third kappa shape index (κ3) is 3.35. The Morgan fingerprint density at radius 1 is 1.54 bits per heavy atom. The molecule has 0 aromatic rings. The fourth-order valence-corrected chi connectivity index (χ4v) is 1.74. The molecule has 1 atom stereocenters. The van der Waals surface area contributed by atoms with Crippen LogP contribution in [-0.2, 0) is 0 Å². The standard InChI is InChI=1S/C12H21N/c1-10(2)5-6-12-7-8-13(9-12)11(3)4/h5-6,11-12H,1,7-9H2,2-4H3/b6-5+. The summed E-state index contributed by atoms with van der Waals surface area (Å²) in [6, 6.07) is 0.697. The second kappa shape index (κ2) is 4.61. The van der Waals surface area contributed by atoms with Crippen molar-refractivity contribution in [2.45, 2.75) is 33.2 Å². The third-order valence-corrected chi connectivity index (χ3v) is 2.64. The molecule has 0 amide bonds. The number of rotatable bonds is 3. The minimum Gasteiger partial charge on any atom is -0.300 e. The van der Waals surface area contributed by atoms with Gasteiger partial charge >= 0.3 is 0 Å². The van der Waals surface area contributed by atoms with Gasteiger partial charge in [-0.15, -0.1) is 0 Å². The molecule has 0 aromatic heterocycles. The summed E-state index contributed by atoms with van der Waals surface area (Å²) in [4.78, 5) is 2.54. The second-order valence-corrected chi connectivity index (χ2v) is 4.34. The van der Waals surface area contributed by atoms with E-state index >= 15 is 0 Å². The van der Waals surface area contributed by atoms with Gasteiger partial charge in [-0.3, -0.25) is 0 Å². The first-order chi connectivity index (χ1) is 6.09. The van der Waals surface area contributed by atoms with E-state index in [9.17, 15) is 0 Å². The molecule has 1 nitrogen and oxygen atoms in total. The van der Waals surface area contributed by atoms with Crippen molar-refractivity contribution in [3.8, 4) is 0 Å². The molecule has 13 heavy (non-hydrogen) atoms. The van der Waals surface area contributed by atoms with Crippen LogP contribution in [0.15, 0.2) is 24.3 Å². The first-order valence-corrected chi connectivity index (χ1v) is 5.17. The van der Waals surface area contributed by atoms with E-state index in [0.717, 1.165) is 11.5 Å². The maximum atomic E-state index is 3.87. The topological polar surface area (TPSA) is 3.24 Å². The Balaban J connectivity index is 2.37. The fraction of sp³-hybridized carbons (Fsp3) is 0.667. The van der Waals surface area contributed by atoms with Crippen LogP contribution >= 0.6 is 0 Å². The number of likely N-dealkylation sites (tertiary alicyclic amines) is 1. The van der Waals surface area contributed by atoms with Gasteiger partial charge in [0, 0.05) is 12.6 Å². The van der Waals surface area contributed by atoms with E-state index in [1.165, 1.54) is 19.5 Å². The van der Waals surface area contributed by atoms with Crippen molar-refractivity contribution >= 4 is 0 Å². The SMILES string of the molecule is C=C(C)/C=C/C1CCN(C(C)C)C1. The normalized spacial score (nSPS) is 24.8. The maximum absolute atomic E-state index is 3.87. The highest BCUT2D eigenvalue weighted by Gasteiger charge is 2.21. The predicted molar refractivity (Wildman–Crippen MR) is 58.8 cm³/mol. The summed E-state index contributed by atoms with van der Waals surface area (Å²) >= 11 is 0. The minimum atomic E-state index is 0.697. The summed E-state index contributed by atoms with van der Waals surface area (Å²) < 4.78 is 0. The van der Waals surface area contributed by atoms with Gasteiger partial charge in [-0.1, -0.05) is 24.3 Å². The van der Waals surface area contributed by atoms with Gasteiger partial charge < -0.3 is 4.90 Å². The van der Waals surface area contributed by atoms with E-state index < -0.39 is 0 Å². The van der Waals surface area contributed by atoms with Crippen LogP contribution in [0.2, 0.25) is 0 Å². The van der Waals surface area contributed by atoms with Crippen molar-refractivity contribution in [1.82, 2.24) is 4.90 Å². The van der Waals surface area contributed by atoms with E-state index in [2.05, 4.69) is 37.5 Å². The molecule has 0 N–H and O–H groups in total. The molecule has 1 aliphatic heterocycles. The Morgan fingerprint density at radius 2 is 2.23 bits per heavy atom. The largest absolute Gasteiger partial charge is 0.300 e. The highest BCUT2D eigenvalue weighted by atomic mass is 15.2. The summed E-state index contributed by atoms with van der Waals surface area (Å²) in [7, 11) is 0. The van der Waals surface area contributed by atoms with E-state index in [1.54, 1.807) is 0 Å². The van der Waals surface area contributed by atoms with Crippen molar-refractivity contribution in [1.29, 1.82) is 0 Å². The molecule has 1 aliphatic rings. The molecule has 0 aromatic carbocycles. The number of hydrogen-bond donors (Lipinski definition) is 0. The zero-order valence-electron chi connectivity index (χ0n) is 9.09. The summed E-state index contributed by atoms with van der Waals surface area (Å²) in [6.45, 7) is 12.9. The van der Waals surface area contributed by atoms with Gasteiger partial charge in [-0.2, -0.15) is 0 Å². The van der Waals surface area contributed by atoms with Crippen LogP contribution in [0, 0.1) is 5.92 Å². The van der Waals surface area contributed by atoms with Crippen LogP contribution in [-0.4, -0.2) is 24.0 Å². The van der Waals surface area contributed by atoms with Crippen molar-refractivity contribution < 1.29 is 0 Å². The minimum absolute atomic E-state index is 0.697. The zero-order chi connectivity index (χ0) is 9.84. The number of nitrogens with zero attached hydrogens (tertiary/aromatic N) is 1. The predicted octanol–water partition coefficient (Wildman–Crippen LogP) is 2.85. The van der Waals surface area contributed by atoms with Crippen LogP contribution in [0.3, 0.4) is 0 Å². The molecule has 1 unspecified atom stereocenters. The Hall–Kier alpha value is -0.560. The maximum Gasteiger partial charge on any atom is 0.00476 e. The lowest BCUT2D eigenvalue weighted by molar-refractivity contribution is 0.270. The molecule has 1 rings (SSSR count). The van der Waals surface area contributed by atoms with Crippen molar-refractivity contribution in [3.05, 3.63) is 24.3 Å². The molecular formula is C12H21N. The smallest absolute Gasteiger partial charge is 0.00476 e. The molecule has 1 saturated heterocycles. The molecule has 0 aliphatic carbocycles. The van der Waals surface area contributed by atoms with Gasteiger partial charge in [0.2, 0.25) is 0 Å². The Morgan fingerprint density at radius 3 is 2.69 bits per heavy atom. The first kappa shape index (κ1) is 10.5. The Bertz CT molecular complexity index is 203. The van der Waals surface area contributed by atoms with Crippen LogP contribution in [0.25, 0.3) is 0 Å². The average molecular weight is 179 g/mol. The highest BCUT2D eigenvalue weighted by Crippen LogP contribution is 2.19. The summed E-state index contributed by atoms with van der Waals surface area (Å²) in [5.74, 6) is 0.749. The van der Waals surface area contributed by atoms with Gasteiger partial charge in [0.15, 0.2) is 0 Å². The summed E-state index contributed by atoms with van der Waals surface area (Å²) in [5.41, 5.74) is 1.16. The molecule has 1 fully saturated rings. The van der Waals surface area contributed by atoms with E-state index in [0.29, 0.717) is 6.04 Å². The molecular weight excluding hydrogens is 158 g/mol. The molecule has 1 heteroatoms. The summed E-state index contributed by atoms with van der Waals surface area (Å²) in [5, 5.41) is 0. The second-order valence-electron chi connectivity index (χ2n) is 4.34. The molecule has 0 saturated carbocycles. The Kier molecular flexibility index (Phi) is 3.73. The molecule has 0 spiro atoms. The monoisotopic (exact) mass is 179 g/mol. The van der Waals surface area contributed by atoms with Crippen LogP contribution in [0.5, 0.6) is 0 Å². The molecule has 1 heterocycles. The lowest BCUT2D eigenvalue weighted by atomic mass is 10.1. The first-order valence-electron chi connectivity index (χ1n) is 5.17. The molecule has 0 bridgehead atoms. The van der Waals surface area contributed by atoms with Crippen molar-refractivity contribution in [3.63, 3.8) is 0 Å². The van der Waals surface area contributed by atoms with Gasteiger partial charge in [0.25, 0.3) is 0 Å². The average Bonchev–Trinajstić information content (AvgIpc) is 2.48. The van der Waals surface area contributed by atoms with E-state index in [4.69, 9.17) is 0 Å². The van der Waals surface area contributed by atoms with Gasteiger partial charge in [-0.25, -0.2) is 0 Å². The molecule has 74 valence electrons. The fourth-order valence-electron chi connectivity index (χ4n) is 1.74. The van der Waals surface area contributed by atoms with Crippen LogP contribution in [0.1, 0.15) is 27.2 Å². The number of hydrogen-bond acceptors (Lipinski definition) is 1. The van der Waals surface area contributed by atoms with Crippen LogP contribution < -0.4 is 0 Å². The lowest BCUT2D eigenvalue weighted by Crippen LogP contribution is -2.27. The van der Waals surface area contributed by atoms with Crippen molar-refractivity contribution in [2.75, 3.05) is 13.1 Å². The Labute approximate surface area is 82.1 Å². The number of allylic oxidation sites excluding steroid dienone is 2. The summed E-state index contributed by atoms with van der Waals surface area (Å²) in [6.07, 6.45) is 5.77. The van der Waals surface area contributed by atoms with Gasteiger partial charge in [-0.05, 0) is 39.7 Å². The van der Waals surface area contributed by atoms with E-state index in [1.807, 2.05) is 6.92 Å². The van der Waals surface area contributed by atoms with Gasteiger partial charge in [0.05, 0.1) is 0 Å². The van der Waals surface area contributed by atoms with E-state index in [-0.39, 0.29) is 0 Å². The van der Waals surface area contributed by atoms with Gasteiger partial charge in [0.1, 0.15) is 0 Å². The zero-order valence-corrected chi connectivity index (χ0v) is 9.09. The quantitative estimate of drug-likeness (QED) is 0.602. The lowest BCUT2D eigenvalue weighted by Gasteiger charge is -2.19. The van der Waals surface area contributed by atoms with Crippen LogP contribution in [0.4, 0.5) is 0 Å². The third-order valence-electron chi connectivity index (χ3n) is 2.64.